The van der Waals surface area contributed by atoms with E-state index in [1.807, 2.05) is 13.8 Å². The minimum atomic E-state index is -0.193. The number of nitrogens with one attached hydrogen (secondary N) is 1. The predicted octanol–water partition coefficient (Wildman–Crippen LogP) is 1.99. The SMILES string of the molecule is CC(C)c1cc(C(=O)NC2CCCN(c3ncccn3)C2)no1. The zero-order chi connectivity index (χ0) is 16.2. The highest BCUT2D eigenvalue weighted by molar-refractivity contribution is 5.92. The fraction of sp³-hybridized carbons (Fsp3) is 0.500. The number of carbonyl (C=O) groups excluding carboxylic acids is 1. The van der Waals surface area contributed by atoms with Gasteiger partial charge in [0.2, 0.25) is 5.95 Å². The third-order valence-corrected chi connectivity index (χ3v) is 3.92. The Morgan fingerprint density at radius 3 is 2.87 bits per heavy atom. The monoisotopic (exact) mass is 315 g/mol. The van der Waals surface area contributed by atoms with Crippen LogP contribution in [0.15, 0.2) is 29.0 Å². The molecule has 1 aliphatic rings. The summed E-state index contributed by atoms with van der Waals surface area (Å²) >= 11 is 0. The summed E-state index contributed by atoms with van der Waals surface area (Å²) in [6.45, 7) is 5.60. The summed E-state index contributed by atoms with van der Waals surface area (Å²) in [7, 11) is 0. The van der Waals surface area contributed by atoms with E-state index in [4.69, 9.17) is 4.52 Å². The van der Waals surface area contributed by atoms with Gasteiger partial charge in [-0.3, -0.25) is 4.79 Å². The Kier molecular flexibility index (Phi) is 4.55. The molecule has 2 aromatic heterocycles. The van der Waals surface area contributed by atoms with Gasteiger partial charge < -0.3 is 14.7 Å². The van der Waals surface area contributed by atoms with E-state index in [-0.39, 0.29) is 17.9 Å². The highest BCUT2D eigenvalue weighted by Gasteiger charge is 2.24. The summed E-state index contributed by atoms with van der Waals surface area (Å²) in [5.74, 6) is 1.44. The van der Waals surface area contributed by atoms with Gasteiger partial charge in [-0.2, -0.15) is 0 Å². The van der Waals surface area contributed by atoms with Gasteiger partial charge in [0.15, 0.2) is 5.69 Å². The van der Waals surface area contributed by atoms with Crippen molar-refractivity contribution in [3.05, 3.63) is 36.0 Å². The van der Waals surface area contributed by atoms with Crippen LogP contribution in [-0.2, 0) is 0 Å². The number of aromatic nitrogens is 3. The van der Waals surface area contributed by atoms with Crippen LogP contribution in [0.5, 0.6) is 0 Å². The number of hydrogen-bond donors (Lipinski definition) is 1. The molecular formula is C16H21N5O2. The van der Waals surface area contributed by atoms with Gasteiger partial charge in [0, 0.05) is 43.5 Å². The number of rotatable bonds is 4. The molecule has 1 N–H and O–H groups in total. The maximum absolute atomic E-state index is 12.3. The molecule has 1 aliphatic heterocycles. The lowest BCUT2D eigenvalue weighted by Gasteiger charge is -2.32. The largest absolute Gasteiger partial charge is 0.360 e. The minimum absolute atomic E-state index is 0.0549. The van der Waals surface area contributed by atoms with Crippen molar-refractivity contribution in [1.29, 1.82) is 0 Å². The molecule has 7 nitrogen and oxygen atoms in total. The summed E-state index contributed by atoms with van der Waals surface area (Å²) in [5, 5.41) is 6.88. The van der Waals surface area contributed by atoms with Gasteiger partial charge in [0.05, 0.1) is 0 Å². The first-order chi connectivity index (χ1) is 11.1. The Bertz CT molecular complexity index is 656. The molecular weight excluding hydrogens is 294 g/mol. The van der Waals surface area contributed by atoms with Crippen molar-refractivity contribution in [2.75, 3.05) is 18.0 Å². The zero-order valence-electron chi connectivity index (χ0n) is 13.4. The second-order valence-electron chi connectivity index (χ2n) is 6.08. The van der Waals surface area contributed by atoms with Crippen LogP contribution in [0.1, 0.15) is 48.9 Å². The lowest BCUT2D eigenvalue weighted by Crippen LogP contribution is -2.48. The van der Waals surface area contributed by atoms with Crippen molar-refractivity contribution in [1.82, 2.24) is 20.4 Å². The summed E-state index contributed by atoms with van der Waals surface area (Å²) in [5.41, 5.74) is 0.335. The molecule has 0 aromatic carbocycles. The van der Waals surface area contributed by atoms with E-state index in [1.165, 1.54) is 0 Å². The van der Waals surface area contributed by atoms with E-state index in [1.54, 1.807) is 24.5 Å². The molecule has 1 atom stereocenters. The molecule has 7 heteroatoms. The molecule has 0 aliphatic carbocycles. The summed E-state index contributed by atoms with van der Waals surface area (Å²) in [6, 6.07) is 3.56. The zero-order valence-corrected chi connectivity index (χ0v) is 13.4. The molecule has 1 unspecified atom stereocenters. The lowest BCUT2D eigenvalue weighted by atomic mass is 10.1. The number of piperidine rings is 1. The van der Waals surface area contributed by atoms with Crippen molar-refractivity contribution >= 4 is 11.9 Å². The van der Waals surface area contributed by atoms with E-state index in [9.17, 15) is 4.79 Å². The van der Waals surface area contributed by atoms with Crippen LogP contribution in [-0.4, -0.2) is 40.2 Å². The average Bonchev–Trinajstić information content (AvgIpc) is 3.06. The van der Waals surface area contributed by atoms with Crippen LogP contribution < -0.4 is 10.2 Å². The lowest BCUT2D eigenvalue weighted by molar-refractivity contribution is 0.0923. The van der Waals surface area contributed by atoms with Gasteiger partial charge in [-0.15, -0.1) is 0 Å². The molecule has 3 rings (SSSR count). The fourth-order valence-electron chi connectivity index (χ4n) is 2.66. The molecule has 23 heavy (non-hydrogen) atoms. The first-order valence-corrected chi connectivity index (χ1v) is 7.93. The van der Waals surface area contributed by atoms with Gasteiger partial charge in [0.1, 0.15) is 5.76 Å². The number of nitrogens with zero attached hydrogens (tertiary/aromatic N) is 4. The number of anilines is 1. The van der Waals surface area contributed by atoms with Crippen LogP contribution in [0.4, 0.5) is 5.95 Å². The van der Waals surface area contributed by atoms with Crippen LogP contribution in [0.2, 0.25) is 0 Å². The van der Waals surface area contributed by atoms with Gasteiger partial charge in [0.25, 0.3) is 5.91 Å². The van der Waals surface area contributed by atoms with Gasteiger partial charge >= 0.3 is 0 Å². The number of amides is 1. The van der Waals surface area contributed by atoms with Crippen LogP contribution in [0.3, 0.4) is 0 Å². The summed E-state index contributed by atoms with van der Waals surface area (Å²) in [4.78, 5) is 22.9. The highest BCUT2D eigenvalue weighted by Crippen LogP contribution is 2.17. The van der Waals surface area contributed by atoms with Crippen molar-refractivity contribution in [3.63, 3.8) is 0 Å². The molecule has 1 amide bonds. The van der Waals surface area contributed by atoms with E-state index in [2.05, 4.69) is 25.3 Å². The van der Waals surface area contributed by atoms with E-state index < -0.39 is 0 Å². The minimum Gasteiger partial charge on any atom is -0.360 e. The molecule has 2 aromatic rings. The third-order valence-electron chi connectivity index (χ3n) is 3.92. The van der Waals surface area contributed by atoms with Crippen LogP contribution >= 0.6 is 0 Å². The molecule has 122 valence electrons. The van der Waals surface area contributed by atoms with Gasteiger partial charge in [-0.1, -0.05) is 19.0 Å². The average molecular weight is 315 g/mol. The van der Waals surface area contributed by atoms with Crippen molar-refractivity contribution in [2.45, 2.75) is 38.6 Å². The molecule has 0 saturated carbocycles. The Balaban J connectivity index is 1.62. The third kappa shape index (κ3) is 3.67. The first kappa shape index (κ1) is 15.5. The molecule has 0 spiro atoms. The molecule has 1 fully saturated rings. The predicted molar refractivity (Wildman–Crippen MR) is 85.3 cm³/mol. The van der Waals surface area contributed by atoms with Crippen LogP contribution in [0, 0.1) is 0 Å². The standard InChI is InChI=1S/C16H21N5O2/c1-11(2)14-9-13(20-23-14)15(22)19-12-5-3-8-21(10-12)16-17-6-4-7-18-16/h4,6-7,9,11-12H,3,5,8,10H2,1-2H3,(H,19,22). The second kappa shape index (κ2) is 6.76. The Hall–Kier alpha value is -2.44. The first-order valence-electron chi connectivity index (χ1n) is 7.93. The maximum Gasteiger partial charge on any atom is 0.273 e. The Morgan fingerprint density at radius 1 is 1.39 bits per heavy atom. The summed E-state index contributed by atoms with van der Waals surface area (Å²) < 4.78 is 5.19. The van der Waals surface area contributed by atoms with Crippen molar-refractivity contribution < 1.29 is 9.32 Å². The molecule has 0 radical (unpaired) electrons. The van der Waals surface area contributed by atoms with Gasteiger partial charge in [-0.25, -0.2) is 9.97 Å². The quantitative estimate of drug-likeness (QED) is 0.929. The van der Waals surface area contributed by atoms with Gasteiger partial charge in [-0.05, 0) is 18.9 Å². The second-order valence-corrected chi connectivity index (χ2v) is 6.08. The topological polar surface area (TPSA) is 84.2 Å². The van der Waals surface area contributed by atoms with Crippen molar-refractivity contribution in [2.24, 2.45) is 0 Å². The number of carbonyl (C=O) groups is 1. The summed E-state index contributed by atoms with van der Waals surface area (Å²) in [6.07, 6.45) is 5.38. The van der Waals surface area contributed by atoms with Crippen LogP contribution in [0.25, 0.3) is 0 Å². The Morgan fingerprint density at radius 2 is 2.17 bits per heavy atom. The van der Waals surface area contributed by atoms with Crippen molar-refractivity contribution in [3.8, 4) is 0 Å². The van der Waals surface area contributed by atoms with E-state index >= 15 is 0 Å². The van der Waals surface area contributed by atoms with E-state index in [0.29, 0.717) is 18.2 Å². The fourth-order valence-corrected chi connectivity index (χ4v) is 2.66. The Labute approximate surface area is 135 Å². The number of hydrogen-bond acceptors (Lipinski definition) is 6. The molecule has 0 bridgehead atoms. The van der Waals surface area contributed by atoms with E-state index in [0.717, 1.165) is 25.1 Å². The molecule has 3 heterocycles. The smallest absolute Gasteiger partial charge is 0.273 e. The normalized spacial score (nSPS) is 18.2. The molecule has 1 saturated heterocycles. The highest BCUT2D eigenvalue weighted by atomic mass is 16.5. The maximum atomic E-state index is 12.3.